The number of nitrogens with one attached hydrogen (secondary N) is 1. The number of ether oxygens (including phenoxy) is 1. The second-order valence-electron chi connectivity index (χ2n) is 5.63. The van der Waals surface area contributed by atoms with Crippen LogP contribution in [0.3, 0.4) is 0 Å². The third-order valence-electron chi connectivity index (χ3n) is 3.54. The number of rotatable bonds is 6. The lowest BCUT2D eigenvalue weighted by atomic mass is 10.0. The summed E-state index contributed by atoms with van der Waals surface area (Å²) in [7, 11) is 0. The van der Waals surface area contributed by atoms with Gasteiger partial charge >= 0.3 is 5.97 Å². The molecular weight excluding hydrogens is 294 g/mol. The van der Waals surface area contributed by atoms with Crippen molar-refractivity contribution in [2.24, 2.45) is 0 Å². The molecule has 0 aliphatic rings. The van der Waals surface area contributed by atoms with Gasteiger partial charge in [0.25, 0.3) is 0 Å². The van der Waals surface area contributed by atoms with Crippen LogP contribution >= 0.6 is 0 Å². The highest BCUT2D eigenvalue weighted by Crippen LogP contribution is 2.15. The number of benzene rings is 1. The molecule has 1 heterocycles. The van der Waals surface area contributed by atoms with E-state index < -0.39 is 5.97 Å². The van der Waals surface area contributed by atoms with Crippen LogP contribution in [-0.2, 0) is 4.74 Å². The third kappa shape index (κ3) is 4.16. The van der Waals surface area contributed by atoms with Gasteiger partial charge in [-0.15, -0.1) is 0 Å². The van der Waals surface area contributed by atoms with Gasteiger partial charge in [-0.3, -0.25) is 9.59 Å². The smallest absolute Gasteiger partial charge is 0.355 e. The number of esters is 1. The number of hydrogen-bond donors (Lipinski definition) is 1. The molecule has 0 radical (unpaired) electrons. The van der Waals surface area contributed by atoms with Crippen LogP contribution in [0.5, 0.6) is 0 Å². The van der Waals surface area contributed by atoms with Gasteiger partial charge in [0.2, 0.25) is 0 Å². The number of aromatic amines is 1. The van der Waals surface area contributed by atoms with Crippen molar-refractivity contribution in [2.75, 3.05) is 6.61 Å². The molecule has 2 aromatic rings. The maximum absolute atomic E-state index is 12.0. The Morgan fingerprint density at radius 2 is 1.74 bits per heavy atom. The summed E-state index contributed by atoms with van der Waals surface area (Å²) in [4.78, 5) is 37.7. The molecule has 0 saturated heterocycles. The van der Waals surface area contributed by atoms with Crippen LogP contribution < -0.4 is 0 Å². The number of hydrogen-bond acceptors (Lipinski definition) is 4. The zero-order chi connectivity index (χ0) is 17.0. The highest BCUT2D eigenvalue weighted by molar-refractivity contribution is 6.00. The molecule has 1 N–H and O–H groups in total. The zero-order valence-corrected chi connectivity index (χ0v) is 13.4. The lowest BCUT2D eigenvalue weighted by Crippen LogP contribution is -2.14. The van der Waals surface area contributed by atoms with E-state index in [0.717, 1.165) is 5.56 Å². The molecule has 0 saturated carbocycles. The van der Waals surface area contributed by atoms with E-state index in [2.05, 4.69) is 18.8 Å². The van der Waals surface area contributed by atoms with Gasteiger partial charge in [0.15, 0.2) is 18.2 Å². The number of aromatic nitrogens is 1. The molecule has 0 bridgehead atoms. The molecule has 0 fully saturated rings. The molecule has 23 heavy (non-hydrogen) atoms. The minimum atomic E-state index is -0.662. The van der Waals surface area contributed by atoms with E-state index in [1.807, 2.05) is 12.1 Å². The minimum absolute atomic E-state index is 0.151. The molecule has 0 atom stereocenters. The topological polar surface area (TPSA) is 76.2 Å². The first-order chi connectivity index (χ1) is 10.9. The minimum Gasteiger partial charge on any atom is -0.453 e. The van der Waals surface area contributed by atoms with Gasteiger partial charge in [-0.2, -0.15) is 0 Å². The van der Waals surface area contributed by atoms with Crippen molar-refractivity contribution in [3.05, 3.63) is 58.9 Å². The molecule has 5 nitrogen and oxygen atoms in total. The predicted octanol–water partition coefficient (Wildman–Crippen LogP) is 3.38. The van der Waals surface area contributed by atoms with Crippen molar-refractivity contribution in [2.45, 2.75) is 26.7 Å². The lowest BCUT2D eigenvalue weighted by Gasteiger charge is -2.07. The van der Waals surface area contributed by atoms with Crippen LogP contribution in [0, 0.1) is 0 Å². The fourth-order valence-corrected chi connectivity index (χ4v) is 2.06. The maximum Gasteiger partial charge on any atom is 0.355 e. The summed E-state index contributed by atoms with van der Waals surface area (Å²) in [6, 6.07) is 8.65. The third-order valence-corrected chi connectivity index (χ3v) is 3.54. The fourth-order valence-electron chi connectivity index (χ4n) is 2.06. The maximum atomic E-state index is 12.0. The molecule has 0 aliphatic heterocycles. The van der Waals surface area contributed by atoms with Crippen LogP contribution in [0.1, 0.15) is 63.5 Å². The first-order valence-electron chi connectivity index (χ1n) is 7.38. The van der Waals surface area contributed by atoms with E-state index in [1.165, 1.54) is 19.2 Å². The van der Waals surface area contributed by atoms with Crippen molar-refractivity contribution in [1.29, 1.82) is 0 Å². The van der Waals surface area contributed by atoms with Crippen LogP contribution in [0.2, 0.25) is 0 Å². The lowest BCUT2D eigenvalue weighted by molar-refractivity contribution is 0.0469. The SMILES string of the molecule is CC(=O)c1c[nH]c(C(=O)OCC(=O)c2ccc(C(C)C)cc2)c1. The Hall–Kier alpha value is -2.69. The molecule has 2 rings (SSSR count). The van der Waals surface area contributed by atoms with Gasteiger partial charge in [0.1, 0.15) is 5.69 Å². The Morgan fingerprint density at radius 3 is 2.26 bits per heavy atom. The van der Waals surface area contributed by atoms with Crippen molar-refractivity contribution >= 4 is 17.5 Å². The molecule has 0 aliphatic carbocycles. The summed E-state index contributed by atoms with van der Waals surface area (Å²) in [5, 5.41) is 0. The molecular formula is C18H19NO4. The number of carbonyl (C=O) groups is 3. The van der Waals surface area contributed by atoms with Crippen LogP contribution in [0.25, 0.3) is 0 Å². The monoisotopic (exact) mass is 313 g/mol. The number of Topliss-reactive ketones (excluding diaryl/α,β-unsaturated/α-hetero) is 2. The van der Waals surface area contributed by atoms with Gasteiger partial charge in [0.05, 0.1) is 0 Å². The van der Waals surface area contributed by atoms with Gasteiger partial charge in [-0.05, 0) is 24.5 Å². The van der Waals surface area contributed by atoms with Gasteiger partial charge in [-0.1, -0.05) is 38.1 Å². The summed E-state index contributed by atoms with van der Waals surface area (Å²) in [6.45, 7) is 5.21. The Morgan fingerprint density at radius 1 is 1.09 bits per heavy atom. The average molecular weight is 313 g/mol. The van der Waals surface area contributed by atoms with E-state index in [0.29, 0.717) is 17.0 Å². The number of carbonyl (C=O) groups excluding carboxylic acids is 3. The molecule has 0 amide bonds. The summed E-state index contributed by atoms with van der Waals surface area (Å²) < 4.78 is 4.98. The zero-order valence-electron chi connectivity index (χ0n) is 13.4. The average Bonchev–Trinajstić information content (AvgIpc) is 3.02. The normalized spacial score (nSPS) is 10.6. The van der Waals surface area contributed by atoms with Crippen LogP contribution in [0.4, 0.5) is 0 Å². The van der Waals surface area contributed by atoms with Crippen LogP contribution in [-0.4, -0.2) is 29.1 Å². The van der Waals surface area contributed by atoms with Crippen LogP contribution in [0.15, 0.2) is 36.5 Å². The van der Waals surface area contributed by atoms with E-state index >= 15 is 0 Å². The summed E-state index contributed by atoms with van der Waals surface area (Å²) in [5.74, 6) is -0.696. The second kappa shape index (κ2) is 7.05. The van der Waals surface area contributed by atoms with E-state index in [-0.39, 0.29) is 23.9 Å². The quantitative estimate of drug-likeness (QED) is 0.655. The Labute approximate surface area is 134 Å². The molecule has 120 valence electrons. The van der Waals surface area contributed by atoms with Gasteiger partial charge < -0.3 is 9.72 Å². The fraction of sp³-hybridized carbons (Fsp3) is 0.278. The van der Waals surface area contributed by atoms with Crippen molar-refractivity contribution in [3.63, 3.8) is 0 Å². The van der Waals surface area contributed by atoms with Crippen molar-refractivity contribution in [1.82, 2.24) is 4.98 Å². The largest absolute Gasteiger partial charge is 0.453 e. The van der Waals surface area contributed by atoms with Gasteiger partial charge in [-0.25, -0.2) is 4.79 Å². The molecule has 0 unspecified atom stereocenters. The number of ketones is 2. The van der Waals surface area contributed by atoms with E-state index in [4.69, 9.17) is 4.74 Å². The Bertz CT molecular complexity index is 726. The second-order valence-corrected chi connectivity index (χ2v) is 5.63. The first-order valence-corrected chi connectivity index (χ1v) is 7.38. The summed E-state index contributed by atoms with van der Waals surface area (Å²) in [6.07, 6.45) is 1.44. The number of H-pyrrole nitrogens is 1. The first kappa shape index (κ1) is 16.7. The standard InChI is InChI=1S/C18H19NO4/c1-11(2)13-4-6-14(7-5-13)17(21)10-23-18(22)16-8-15(9-19-16)12(3)20/h4-9,11,19H,10H2,1-3H3. The van der Waals surface area contributed by atoms with Gasteiger partial charge in [0, 0.05) is 17.3 Å². The van der Waals surface area contributed by atoms with Crippen molar-refractivity contribution < 1.29 is 19.1 Å². The highest BCUT2D eigenvalue weighted by Gasteiger charge is 2.14. The summed E-state index contributed by atoms with van der Waals surface area (Å²) in [5.41, 5.74) is 2.19. The highest BCUT2D eigenvalue weighted by atomic mass is 16.5. The predicted molar refractivity (Wildman–Crippen MR) is 85.9 cm³/mol. The molecule has 0 spiro atoms. The van der Waals surface area contributed by atoms with E-state index in [9.17, 15) is 14.4 Å². The Balaban J connectivity index is 1.95. The molecule has 1 aromatic carbocycles. The van der Waals surface area contributed by atoms with E-state index in [1.54, 1.807) is 12.1 Å². The van der Waals surface area contributed by atoms with Crippen molar-refractivity contribution in [3.8, 4) is 0 Å². The molecule has 1 aromatic heterocycles. The molecule has 5 heteroatoms. The summed E-state index contributed by atoms with van der Waals surface area (Å²) >= 11 is 0. The Kier molecular flexibility index (Phi) is 5.11.